The minimum Gasteiger partial charge on any atom is -0.496 e. The highest BCUT2D eigenvalue weighted by atomic mass is 32.1. The molecule has 1 aromatic heterocycles. The largest absolute Gasteiger partial charge is 0.496 e. The number of hydrogen-bond donors (Lipinski definition) is 1. The van der Waals surface area contributed by atoms with E-state index in [0.29, 0.717) is 12.1 Å². The highest BCUT2D eigenvalue weighted by Crippen LogP contribution is 2.28. The summed E-state index contributed by atoms with van der Waals surface area (Å²) in [4.78, 5) is 10.8. The lowest BCUT2D eigenvalue weighted by atomic mass is 10.1. The van der Waals surface area contributed by atoms with Crippen LogP contribution in [0.5, 0.6) is 5.75 Å². The summed E-state index contributed by atoms with van der Waals surface area (Å²) in [5.41, 5.74) is 7.13. The Kier molecular flexibility index (Phi) is 3.26. The molecule has 0 saturated heterocycles. The van der Waals surface area contributed by atoms with E-state index >= 15 is 0 Å². The van der Waals surface area contributed by atoms with Gasteiger partial charge in [0.2, 0.25) is 0 Å². The van der Waals surface area contributed by atoms with Crippen molar-refractivity contribution in [2.75, 3.05) is 13.7 Å². The number of nitrogens with two attached hydrogens (primary N) is 1. The number of rotatable bonds is 4. The summed E-state index contributed by atoms with van der Waals surface area (Å²) in [5, 5.41) is 0. The van der Waals surface area contributed by atoms with Crippen molar-refractivity contribution < 1.29 is 9.15 Å². The second kappa shape index (κ2) is 4.67. The van der Waals surface area contributed by atoms with Crippen molar-refractivity contribution in [3.05, 3.63) is 27.4 Å². The average Bonchev–Trinajstić information content (AvgIpc) is 2.63. The van der Waals surface area contributed by atoms with E-state index in [-0.39, 0.29) is 4.94 Å². The van der Waals surface area contributed by atoms with Crippen molar-refractivity contribution in [3.8, 4) is 5.75 Å². The predicted molar refractivity (Wildman–Crippen MR) is 64.3 cm³/mol. The van der Waals surface area contributed by atoms with Crippen molar-refractivity contribution in [1.29, 1.82) is 0 Å². The van der Waals surface area contributed by atoms with Crippen LogP contribution in [0.1, 0.15) is 12.0 Å². The van der Waals surface area contributed by atoms with Crippen molar-refractivity contribution in [2.45, 2.75) is 12.8 Å². The fourth-order valence-corrected chi connectivity index (χ4v) is 2.30. The van der Waals surface area contributed by atoms with Gasteiger partial charge < -0.3 is 14.9 Å². The second-order valence-electron chi connectivity index (χ2n) is 3.46. The van der Waals surface area contributed by atoms with Crippen LogP contribution in [0.4, 0.5) is 0 Å². The molecular weight excluding hydrogens is 226 g/mol. The quantitative estimate of drug-likeness (QED) is 0.882. The van der Waals surface area contributed by atoms with Crippen molar-refractivity contribution >= 4 is 21.6 Å². The first-order valence-corrected chi connectivity index (χ1v) is 5.87. The molecule has 0 saturated carbocycles. The molecule has 2 N–H and O–H groups in total. The third-order valence-corrected chi connectivity index (χ3v) is 3.17. The van der Waals surface area contributed by atoms with Gasteiger partial charge in [0.05, 0.1) is 11.8 Å². The highest BCUT2D eigenvalue weighted by molar-refractivity contribution is 7.16. The van der Waals surface area contributed by atoms with Crippen LogP contribution in [0.2, 0.25) is 0 Å². The maximum atomic E-state index is 11.1. The van der Waals surface area contributed by atoms with Gasteiger partial charge in [-0.05, 0) is 31.0 Å². The van der Waals surface area contributed by atoms with E-state index < -0.39 is 0 Å². The van der Waals surface area contributed by atoms with E-state index in [1.807, 2.05) is 12.1 Å². The summed E-state index contributed by atoms with van der Waals surface area (Å²) in [6.07, 6.45) is 1.71. The maximum Gasteiger partial charge on any atom is 0.396 e. The van der Waals surface area contributed by atoms with E-state index in [9.17, 15) is 4.79 Å². The van der Waals surface area contributed by atoms with Gasteiger partial charge in [-0.3, -0.25) is 0 Å². The molecule has 1 aromatic carbocycles. The molecule has 5 heteroatoms. The molecule has 0 aliphatic carbocycles. The number of hydrogen-bond acceptors (Lipinski definition) is 5. The molecule has 2 rings (SSSR count). The lowest BCUT2D eigenvalue weighted by Crippen LogP contribution is -2.01. The molecule has 1 heterocycles. The zero-order valence-corrected chi connectivity index (χ0v) is 9.80. The van der Waals surface area contributed by atoms with Crippen LogP contribution in [-0.2, 0) is 6.42 Å². The average molecular weight is 239 g/mol. The summed E-state index contributed by atoms with van der Waals surface area (Å²) >= 11 is 1.09. The SMILES string of the molecule is COc1cc2sc(=O)oc2cc1CCCN. The van der Waals surface area contributed by atoms with Crippen LogP contribution >= 0.6 is 11.3 Å². The summed E-state index contributed by atoms with van der Waals surface area (Å²) in [7, 11) is 1.62. The predicted octanol–water partition coefficient (Wildman–Crippen LogP) is 1.75. The Morgan fingerprint density at radius 1 is 1.50 bits per heavy atom. The minimum absolute atomic E-state index is 0.284. The summed E-state index contributed by atoms with van der Waals surface area (Å²) < 4.78 is 11.2. The molecule has 0 bridgehead atoms. The van der Waals surface area contributed by atoms with Crippen LogP contribution < -0.4 is 15.4 Å². The van der Waals surface area contributed by atoms with Crippen LogP contribution in [0.3, 0.4) is 0 Å². The molecule has 2 aromatic rings. The molecule has 0 aliphatic rings. The topological polar surface area (TPSA) is 65.5 Å². The zero-order chi connectivity index (χ0) is 11.5. The lowest BCUT2D eigenvalue weighted by Gasteiger charge is -2.07. The molecule has 16 heavy (non-hydrogen) atoms. The minimum atomic E-state index is -0.284. The molecule has 0 fully saturated rings. The molecule has 0 aliphatic heterocycles. The van der Waals surface area contributed by atoms with Crippen molar-refractivity contribution in [2.24, 2.45) is 5.73 Å². The Morgan fingerprint density at radius 2 is 2.31 bits per heavy atom. The Morgan fingerprint density at radius 3 is 3.00 bits per heavy atom. The summed E-state index contributed by atoms with van der Waals surface area (Å²) in [5.74, 6) is 0.790. The molecule has 0 atom stereocenters. The highest BCUT2D eigenvalue weighted by Gasteiger charge is 2.09. The van der Waals surface area contributed by atoms with Gasteiger partial charge in [0.15, 0.2) is 0 Å². The van der Waals surface area contributed by atoms with E-state index in [4.69, 9.17) is 14.9 Å². The van der Waals surface area contributed by atoms with Crippen molar-refractivity contribution in [1.82, 2.24) is 0 Å². The Balaban J connectivity index is 2.48. The smallest absolute Gasteiger partial charge is 0.396 e. The van der Waals surface area contributed by atoms with E-state index in [1.165, 1.54) is 0 Å². The van der Waals surface area contributed by atoms with Crippen molar-refractivity contribution in [3.63, 3.8) is 0 Å². The first-order chi connectivity index (χ1) is 7.74. The van der Waals surface area contributed by atoms with Crippen LogP contribution in [0.15, 0.2) is 21.3 Å². The summed E-state index contributed by atoms with van der Waals surface area (Å²) in [6, 6.07) is 3.71. The van der Waals surface area contributed by atoms with Gasteiger partial charge in [-0.1, -0.05) is 11.3 Å². The van der Waals surface area contributed by atoms with Gasteiger partial charge in [0.1, 0.15) is 11.3 Å². The molecule has 0 amide bonds. The lowest BCUT2D eigenvalue weighted by molar-refractivity contribution is 0.409. The number of methoxy groups -OCH3 is 1. The third kappa shape index (κ3) is 2.10. The fourth-order valence-electron chi connectivity index (χ4n) is 1.62. The summed E-state index contributed by atoms with van der Waals surface area (Å²) in [6.45, 7) is 0.634. The van der Waals surface area contributed by atoms with Gasteiger partial charge in [-0.2, -0.15) is 0 Å². The van der Waals surface area contributed by atoms with Gasteiger partial charge in [0.25, 0.3) is 0 Å². The molecule has 0 radical (unpaired) electrons. The van der Waals surface area contributed by atoms with Gasteiger partial charge in [0, 0.05) is 6.07 Å². The molecule has 4 nitrogen and oxygen atoms in total. The van der Waals surface area contributed by atoms with E-state index in [2.05, 4.69) is 0 Å². The van der Waals surface area contributed by atoms with Crippen LogP contribution in [0, 0.1) is 0 Å². The molecular formula is C11H13NO3S. The zero-order valence-electron chi connectivity index (χ0n) is 8.99. The monoisotopic (exact) mass is 239 g/mol. The van der Waals surface area contributed by atoms with Gasteiger partial charge in [-0.25, -0.2) is 4.79 Å². The Labute approximate surface area is 96.6 Å². The number of aryl methyl sites for hydroxylation is 1. The maximum absolute atomic E-state index is 11.1. The fraction of sp³-hybridized carbons (Fsp3) is 0.364. The molecule has 0 unspecified atom stereocenters. The molecule has 86 valence electrons. The number of ether oxygens (including phenoxy) is 1. The van der Waals surface area contributed by atoms with Gasteiger partial charge in [-0.15, -0.1) is 0 Å². The molecule has 0 spiro atoms. The normalized spacial score (nSPS) is 10.9. The van der Waals surface area contributed by atoms with Gasteiger partial charge >= 0.3 is 4.94 Å². The van der Waals surface area contributed by atoms with Crippen LogP contribution in [-0.4, -0.2) is 13.7 Å². The van der Waals surface area contributed by atoms with E-state index in [0.717, 1.165) is 40.2 Å². The number of benzene rings is 1. The van der Waals surface area contributed by atoms with Crippen LogP contribution in [0.25, 0.3) is 10.3 Å². The van der Waals surface area contributed by atoms with E-state index in [1.54, 1.807) is 7.11 Å². The first kappa shape index (κ1) is 11.2. The Hall–Kier alpha value is -1.33. The Bertz CT molecular complexity index is 544. The standard InChI is InChI=1S/C11H13NO3S/c1-14-8-6-10-9(15-11(13)16-10)5-7(8)3-2-4-12/h5-6H,2-4,12H2,1H3. The third-order valence-electron chi connectivity index (χ3n) is 2.38. The number of fused-ring (bicyclic) bond motifs is 1. The first-order valence-electron chi connectivity index (χ1n) is 5.05. The second-order valence-corrected chi connectivity index (χ2v) is 4.43.